The molecule has 0 radical (unpaired) electrons. The molecule has 0 aliphatic heterocycles. The van der Waals surface area contributed by atoms with Gasteiger partial charge in [0, 0.05) is 0 Å². The van der Waals surface area contributed by atoms with Crippen molar-refractivity contribution in [2.45, 2.75) is 0 Å². The highest BCUT2D eigenvalue weighted by molar-refractivity contribution is 4.19. The Kier molecular flexibility index (Phi) is 31.3. The van der Waals surface area contributed by atoms with Crippen LogP contribution in [0.25, 0.3) is 0 Å². The zero-order valence-corrected chi connectivity index (χ0v) is 15.2. The maximum absolute atomic E-state index is 8.39. The molecular weight excluding hydrogens is 307 g/mol. The molecule has 130 valence electrons. The Morgan fingerprint density at radius 2 is 0.700 bits per heavy atom. The topological polar surface area (TPSA) is 80.9 Å². The van der Waals surface area contributed by atoms with E-state index in [2.05, 4.69) is 42.3 Å². The van der Waals surface area contributed by atoms with Crippen LogP contribution in [0.4, 0.5) is 0 Å². The molecular formula is C12H34Cl2N2O4. The van der Waals surface area contributed by atoms with Crippen LogP contribution in [0.15, 0.2) is 0 Å². The first kappa shape index (κ1) is 32.3. The van der Waals surface area contributed by atoms with Crippen LogP contribution < -0.4 is 24.8 Å². The molecule has 0 fully saturated rings. The van der Waals surface area contributed by atoms with E-state index < -0.39 is 0 Å². The Morgan fingerprint density at radius 1 is 0.500 bits per heavy atom. The summed E-state index contributed by atoms with van der Waals surface area (Å²) in [7, 11) is 12.3. The van der Waals surface area contributed by atoms with Crippen molar-refractivity contribution < 1.29 is 54.2 Å². The summed E-state index contributed by atoms with van der Waals surface area (Å²) < 4.78 is 1.69. The van der Waals surface area contributed by atoms with Crippen LogP contribution >= 0.6 is 0 Å². The average Bonchev–Trinajstić information content (AvgIpc) is 2.15. The van der Waals surface area contributed by atoms with E-state index in [1.165, 1.54) is 0 Å². The van der Waals surface area contributed by atoms with Crippen molar-refractivity contribution in [2.75, 3.05) is 81.8 Å². The van der Waals surface area contributed by atoms with Crippen molar-refractivity contribution in [3.05, 3.63) is 0 Å². The molecule has 4 N–H and O–H groups in total. The lowest BCUT2D eigenvalue weighted by molar-refractivity contribution is -0.870. The van der Waals surface area contributed by atoms with Crippen LogP contribution in [0.1, 0.15) is 0 Å². The third-order valence-electron chi connectivity index (χ3n) is 1.64. The van der Waals surface area contributed by atoms with Crippen LogP contribution in [-0.4, -0.2) is 111 Å². The highest BCUT2D eigenvalue weighted by atomic mass is 35.5. The Balaban J connectivity index is -0.0000000555. The molecule has 0 atom stereocenters. The van der Waals surface area contributed by atoms with E-state index in [4.69, 9.17) is 20.4 Å². The second-order valence-electron chi connectivity index (χ2n) is 5.92. The van der Waals surface area contributed by atoms with Gasteiger partial charge in [-0.05, 0) is 0 Å². The van der Waals surface area contributed by atoms with Gasteiger partial charge in [-0.1, -0.05) is 0 Å². The van der Waals surface area contributed by atoms with E-state index in [1.54, 1.807) is 0 Å². The fourth-order valence-corrected chi connectivity index (χ4v) is 0.600. The van der Waals surface area contributed by atoms with Crippen LogP contribution in [-0.2, 0) is 0 Å². The summed E-state index contributed by atoms with van der Waals surface area (Å²) in [5.74, 6) is 0. The molecule has 0 amide bonds. The molecule has 0 aliphatic carbocycles. The van der Waals surface area contributed by atoms with Gasteiger partial charge in [0.2, 0.25) is 0 Å². The van der Waals surface area contributed by atoms with Crippen molar-refractivity contribution in [3.8, 4) is 0 Å². The first-order valence-corrected chi connectivity index (χ1v) is 6.08. The molecule has 0 spiro atoms. The lowest BCUT2D eigenvalue weighted by Gasteiger charge is -2.21. The molecule has 0 unspecified atom stereocenters. The third kappa shape index (κ3) is 63.2. The Labute approximate surface area is 136 Å². The summed E-state index contributed by atoms with van der Waals surface area (Å²) in [6.07, 6.45) is 0. The summed E-state index contributed by atoms with van der Waals surface area (Å²) in [5.41, 5.74) is 0. The summed E-state index contributed by atoms with van der Waals surface area (Å²) in [6, 6.07) is 0. The molecule has 0 saturated carbocycles. The highest BCUT2D eigenvalue weighted by Gasteiger charge is 2.02. The second kappa shape index (κ2) is 19.3. The van der Waals surface area contributed by atoms with Crippen LogP contribution in [0.3, 0.4) is 0 Å². The lowest BCUT2D eigenvalue weighted by atomic mass is 10.5. The normalized spacial score (nSPS) is 9.90. The minimum atomic E-state index is -0.125. The predicted octanol–water partition coefficient (Wildman–Crippen LogP) is -7.65. The molecule has 8 heteroatoms. The molecule has 0 aromatic carbocycles. The highest BCUT2D eigenvalue weighted by Crippen LogP contribution is 1.85. The zero-order valence-electron chi connectivity index (χ0n) is 13.7. The van der Waals surface area contributed by atoms with Crippen LogP contribution in [0, 0.1) is 0 Å². The Morgan fingerprint density at radius 3 is 0.700 bits per heavy atom. The first-order chi connectivity index (χ1) is 8.04. The number of nitrogens with zero attached hydrogens (tertiary/aromatic N) is 2. The standard InChI is InChI=1S/2C5H14NO.C2H6O2.2ClH/c2*1-6(2,3)4-5-7;3-1-2-4;;/h2*7H,4-5H2,1-3H3;3-4H,1-2H2;2*1H/q2*+1;;;/p-2. The quantitative estimate of drug-likeness (QED) is 0.375. The molecule has 0 aromatic rings. The number of halogens is 2. The maximum atomic E-state index is 8.39. The lowest BCUT2D eigenvalue weighted by Crippen LogP contribution is -3.00. The van der Waals surface area contributed by atoms with Crippen LogP contribution in [0.5, 0.6) is 0 Å². The molecule has 6 nitrogen and oxygen atoms in total. The van der Waals surface area contributed by atoms with Gasteiger partial charge in [0.25, 0.3) is 0 Å². The summed E-state index contributed by atoms with van der Waals surface area (Å²) >= 11 is 0. The second-order valence-corrected chi connectivity index (χ2v) is 5.92. The predicted molar refractivity (Wildman–Crippen MR) is 74.1 cm³/mol. The van der Waals surface area contributed by atoms with Gasteiger partial charge in [0.1, 0.15) is 13.1 Å². The molecule has 0 aliphatic rings. The fraction of sp³-hybridized carbons (Fsp3) is 1.00. The molecule has 0 aromatic heterocycles. The number of rotatable bonds is 5. The van der Waals surface area contributed by atoms with Gasteiger partial charge in [-0.15, -0.1) is 0 Å². The van der Waals surface area contributed by atoms with E-state index >= 15 is 0 Å². The van der Waals surface area contributed by atoms with Crippen molar-refractivity contribution in [3.63, 3.8) is 0 Å². The summed E-state index contributed by atoms with van der Waals surface area (Å²) in [5, 5.41) is 32.0. The average molecular weight is 341 g/mol. The molecule has 0 bridgehead atoms. The minimum Gasteiger partial charge on any atom is -1.00 e. The SMILES string of the molecule is C[N+](C)(C)CCO.C[N+](C)(C)CCO.OCCO.[Cl-].[Cl-]. The van der Waals surface area contributed by atoms with E-state index in [-0.39, 0.29) is 51.2 Å². The zero-order chi connectivity index (χ0) is 15.2. The third-order valence-corrected chi connectivity index (χ3v) is 1.64. The fourth-order valence-electron chi connectivity index (χ4n) is 0.600. The van der Waals surface area contributed by atoms with Crippen molar-refractivity contribution >= 4 is 0 Å². The smallest absolute Gasteiger partial charge is 0.101 e. The Bertz CT molecular complexity index is 145. The number of quaternary nitrogens is 2. The monoisotopic (exact) mass is 340 g/mol. The number of aliphatic hydroxyl groups excluding tert-OH is 4. The van der Waals surface area contributed by atoms with Gasteiger partial charge in [0.15, 0.2) is 0 Å². The maximum Gasteiger partial charge on any atom is 0.101 e. The van der Waals surface area contributed by atoms with Crippen molar-refractivity contribution in [1.29, 1.82) is 0 Å². The van der Waals surface area contributed by atoms with E-state index in [0.717, 1.165) is 22.1 Å². The van der Waals surface area contributed by atoms with Crippen LogP contribution in [0.2, 0.25) is 0 Å². The van der Waals surface area contributed by atoms with Crippen molar-refractivity contribution in [1.82, 2.24) is 0 Å². The number of hydrogen-bond acceptors (Lipinski definition) is 4. The van der Waals surface area contributed by atoms with E-state index in [0.29, 0.717) is 0 Å². The molecule has 0 rings (SSSR count). The molecule has 20 heavy (non-hydrogen) atoms. The van der Waals surface area contributed by atoms with Gasteiger partial charge < -0.3 is 54.2 Å². The molecule has 0 saturated heterocycles. The first-order valence-electron chi connectivity index (χ1n) is 6.08. The number of aliphatic hydroxyl groups is 4. The number of likely N-dealkylation sites (N-methyl/N-ethyl adjacent to an activating group) is 2. The molecule has 0 heterocycles. The minimum absolute atomic E-state index is 0. The number of hydrogen-bond donors (Lipinski definition) is 4. The summed E-state index contributed by atoms with van der Waals surface area (Å²) in [4.78, 5) is 0. The van der Waals surface area contributed by atoms with Gasteiger partial charge >= 0.3 is 0 Å². The van der Waals surface area contributed by atoms with E-state index in [1.807, 2.05) is 0 Å². The summed E-state index contributed by atoms with van der Waals surface area (Å²) in [6.45, 7) is 1.98. The van der Waals surface area contributed by atoms with Gasteiger partial charge in [-0.25, -0.2) is 0 Å². The Hall–Kier alpha value is 0.340. The van der Waals surface area contributed by atoms with E-state index in [9.17, 15) is 0 Å². The van der Waals surface area contributed by atoms with Gasteiger partial charge in [-0.2, -0.15) is 0 Å². The van der Waals surface area contributed by atoms with Gasteiger partial charge in [-0.3, -0.25) is 0 Å². The van der Waals surface area contributed by atoms with Gasteiger partial charge in [0.05, 0.1) is 68.7 Å². The largest absolute Gasteiger partial charge is 1.00 e. The van der Waals surface area contributed by atoms with Crippen molar-refractivity contribution in [2.24, 2.45) is 0 Å².